The molecule has 2 atom stereocenters. The zero-order valence-corrected chi connectivity index (χ0v) is 19.6. The molecule has 2 N–H and O–H groups in total. The van der Waals surface area contributed by atoms with E-state index in [2.05, 4.69) is 63.7 Å². The molecule has 1 aliphatic carbocycles. The van der Waals surface area contributed by atoms with Crippen LogP contribution < -0.4 is 5.32 Å². The number of pyridine rings is 1. The maximum absolute atomic E-state index is 11.5. The summed E-state index contributed by atoms with van der Waals surface area (Å²) < 4.78 is 0. The monoisotopic (exact) mass is 455 g/mol. The van der Waals surface area contributed by atoms with Gasteiger partial charge < -0.3 is 10.4 Å². The summed E-state index contributed by atoms with van der Waals surface area (Å²) in [6.45, 7) is 3.92. The maximum atomic E-state index is 11.5. The van der Waals surface area contributed by atoms with Gasteiger partial charge in [0.15, 0.2) is 0 Å². The summed E-state index contributed by atoms with van der Waals surface area (Å²) in [7, 11) is 0. The summed E-state index contributed by atoms with van der Waals surface area (Å²) in [5, 5.41) is 13.3. The molecule has 1 aliphatic heterocycles. The Kier molecular flexibility index (Phi) is 6.75. The normalized spacial score (nSPS) is 21.8. The van der Waals surface area contributed by atoms with Crippen molar-refractivity contribution < 1.29 is 9.90 Å². The van der Waals surface area contributed by atoms with Gasteiger partial charge in [-0.3, -0.25) is 9.88 Å². The van der Waals surface area contributed by atoms with Gasteiger partial charge in [-0.25, -0.2) is 4.79 Å². The SMILES string of the molecule is O=C(O)c1cccc(CC2(CN[C@@H]3C[C@H]3c3ccccc3)CCN(Cc3ccccn3)CC2)c1. The molecule has 34 heavy (non-hydrogen) atoms. The van der Waals surface area contributed by atoms with Gasteiger partial charge in [-0.15, -0.1) is 0 Å². The second-order valence-electron chi connectivity index (χ2n) is 10.0. The average molecular weight is 456 g/mol. The number of likely N-dealkylation sites (tertiary alicyclic amines) is 1. The van der Waals surface area contributed by atoms with Crippen LogP contribution in [0.4, 0.5) is 0 Å². The van der Waals surface area contributed by atoms with Crippen molar-refractivity contribution in [2.75, 3.05) is 19.6 Å². The van der Waals surface area contributed by atoms with Crippen molar-refractivity contribution >= 4 is 5.97 Å². The van der Waals surface area contributed by atoms with Crippen LogP contribution in [0, 0.1) is 5.41 Å². The Balaban J connectivity index is 1.26. The summed E-state index contributed by atoms with van der Waals surface area (Å²) in [5.41, 5.74) is 4.16. The van der Waals surface area contributed by atoms with Crippen LogP contribution in [0.2, 0.25) is 0 Å². The van der Waals surface area contributed by atoms with Gasteiger partial charge in [0, 0.05) is 31.2 Å². The summed E-state index contributed by atoms with van der Waals surface area (Å²) in [6.07, 6.45) is 6.14. The molecule has 176 valence electrons. The molecule has 0 unspecified atom stereocenters. The molecule has 2 aromatic carbocycles. The Morgan fingerprint density at radius 1 is 1.03 bits per heavy atom. The van der Waals surface area contributed by atoms with Crippen molar-refractivity contribution in [1.82, 2.24) is 15.2 Å². The predicted molar refractivity (Wildman–Crippen MR) is 134 cm³/mol. The zero-order valence-electron chi connectivity index (χ0n) is 19.6. The van der Waals surface area contributed by atoms with Crippen LogP contribution in [0.3, 0.4) is 0 Å². The molecule has 5 heteroatoms. The van der Waals surface area contributed by atoms with E-state index in [0.29, 0.717) is 17.5 Å². The molecular formula is C29H33N3O2. The van der Waals surface area contributed by atoms with Crippen molar-refractivity contribution in [2.45, 2.75) is 44.2 Å². The van der Waals surface area contributed by atoms with Crippen molar-refractivity contribution in [1.29, 1.82) is 0 Å². The lowest BCUT2D eigenvalue weighted by molar-refractivity contribution is 0.0696. The molecule has 0 radical (unpaired) electrons. The Bertz CT molecular complexity index is 1090. The molecule has 2 aliphatic rings. The second kappa shape index (κ2) is 10.1. The molecule has 1 aromatic heterocycles. The van der Waals surface area contributed by atoms with Crippen molar-refractivity contribution in [3.8, 4) is 0 Å². The van der Waals surface area contributed by atoms with Crippen LogP contribution in [0.15, 0.2) is 79.0 Å². The number of hydrogen-bond donors (Lipinski definition) is 2. The first-order valence-electron chi connectivity index (χ1n) is 12.3. The second-order valence-corrected chi connectivity index (χ2v) is 10.0. The van der Waals surface area contributed by atoms with E-state index in [9.17, 15) is 9.90 Å². The summed E-state index contributed by atoms with van der Waals surface area (Å²) in [4.78, 5) is 18.5. The van der Waals surface area contributed by atoms with Crippen LogP contribution in [0.1, 0.15) is 52.4 Å². The lowest BCUT2D eigenvalue weighted by atomic mass is 9.73. The minimum atomic E-state index is -0.858. The fourth-order valence-corrected chi connectivity index (χ4v) is 5.41. The summed E-state index contributed by atoms with van der Waals surface area (Å²) in [5.74, 6) is -0.249. The molecule has 3 aromatic rings. The average Bonchev–Trinajstić information content (AvgIpc) is 3.66. The van der Waals surface area contributed by atoms with Crippen LogP contribution in [0.25, 0.3) is 0 Å². The largest absolute Gasteiger partial charge is 0.478 e. The number of carboxylic acids is 1. The minimum Gasteiger partial charge on any atom is -0.478 e. The first-order chi connectivity index (χ1) is 16.6. The van der Waals surface area contributed by atoms with Crippen LogP contribution in [0.5, 0.6) is 0 Å². The van der Waals surface area contributed by atoms with Gasteiger partial charge in [0.2, 0.25) is 0 Å². The Morgan fingerprint density at radius 2 is 1.82 bits per heavy atom. The number of benzene rings is 2. The lowest BCUT2D eigenvalue weighted by Crippen LogP contribution is -2.46. The van der Waals surface area contributed by atoms with Crippen LogP contribution >= 0.6 is 0 Å². The van der Waals surface area contributed by atoms with Crippen LogP contribution in [-0.2, 0) is 13.0 Å². The quantitative estimate of drug-likeness (QED) is 0.487. The Morgan fingerprint density at radius 3 is 2.56 bits per heavy atom. The van der Waals surface area contributed by atoms with Gasteiger partial charge in [0.25, 0.3) is 0 Å². The van der Waals surface area contributed by atoms with Crippen molar-refractivity contribution in [3.63, 3.8) is 0 Å². The standard InChI is InChI=1S/C29H33N3O2/c33-28(34)24-10-6-7-22(17-24)19-29(21-31-27-18-26(27)23-8-2-1-3-9-23)12-15-32(16-13-29)20-25-11-4-5-14-30-25/h1-11,14,17,26-27,31H,12-13,15-16,18-21H2,(H,33,34)/t26-,27+/m0/s1. The molecule has 0 bridgehead atoms. The number of rotatable bonds is 9. The number of carbonyl (C=O) groups is 1. The highest BCUT2D eigenvalue weighted by atomic mass is 16.4. The number of aromatic carboxylic acids is 1. The number of nitrogens with zero attached hydrogens (tertiary/aromatic N) is 2. The van der Waals surface area contributed by atoms with Gasteiger partial charge in [0.1, 0.15) is 0 Å². The zero-order chi connectivity index (χ0) is 23.4. The summed E-state index contributed by atoms with van der Waals surface area (Å²) >= 11 is 0. The number of carboxylic acid groups (broad SMARTS) is 1. The van der Waals surface area contributed by atoms with Crippen LogP contribution in [-0.4, -0.2) is 46.6 Å². The number of hydrogen-bond acceptors (Lipinski definition) is 4. The highest BCUT2D eigenvalue weighted by molar-refractivity contribution is 5.87. The summed E-state index contributed by atoms with van der Waals surface area (Å²) in [6, 6.07) is 24.9. The van der Waals surface area contributed by atoms with E-state index in [1.807, 2.05) is 24.4 Å². The fraction of sp³-hybridized carbons (Fsp3) is 0.379. The third-order valence-corrected chi connectivity index (χ3v) is 7.54. The third kappa shape index (κ3) is 5.54. The van der Waals surface area contributed by atoms with E-state index in [1.54, 1.807) is 6.07 Å². The topological polar surface area (TPSA) is 65.5 Å². The first kappa shape index (κ1) is 22.8. The van der Waals surface area contributed by atoms with E-state index in [-0.39, 0.29) is 5.41 Å². The third-order valence-electron chi connectivity index (χ3n) is 7.54. The van der Waals surface area contributed by atoms with Gasteiger partial charge in [-0.05, 0) is 79.6 Å². The molecule has 0 spiro atoms. The molecule has 0 amide bonds. The van der Waals surface area contributed by atoms with E-state index in [0.717, 1.165) is 56.7 Å². The molecule has 2 fully saturated rings. The molecule has 1 saturated carbocycles. The van der Waals surface area contributed by atoms with Gasteiger partial charge in [-0.2, -0.15) is 0 Å². The molecule has 2 heterocycles. The highest BCUT2D eigenvalue weighted by Crippen LogP contribution is 2.42. The molecule has 5 rings (SSSR count). The Hall–Kier alpha value is -3.02. The lowest BCUT2D eigenvalue weighted by Gasteiger charge is -2.42. The minimum absolute atomic E-state index is 0.127. The van der Waals surface area contributed by atoms with Gasteiger partial charge in [0.05, 0.1) is 11.3 Å². The van der Waals surface area contributed by atoms with E-state index >= 15 is 0 Å². The van der Waals surface area contributed by atoms with E-state index < -0.39 is 5.97 Å². The van der Waals surface area contributed by atoms with E-state index in [1.165, 1.54) is 12.0 Å². The predicted octanol–water partition coefficient (Wildman–Crippen LogP) is 4.75. The Labute approximate surface area is 201 Å². The molecule has 5 nitrogen and oxygen atoms in total. The highest BCUT2D eigenvalue weighted by Gasteiger charge is 2.41. The number of piperidine rings is 1. The van der Waals surface area contributed by atoms with Crippen molar-refractivity contribution in [2.24, 2.45) is 5.41 Å². The van der Waals surface area contributed by atoms with E-state index in [4.69, 9.17) is 0 Å². The number of aromatic nitrogens is 1. The molecule has 1 saturated heterocycles. The maximum Gasteiger partial charge on any atom is 0.335 e. The fourth-order valence-electron chi connectivity index (χ4n) is 5.41. The van der Waals surface area contributed by atoms with Gasteiger partial charge >= 0.3 is 5.97 Å². The van der Waals surface area contributed by atoms with Crippen molar-refractivity contribution in [3.05, 3.63) is 101 Å². The smallest absolute Gasteiger partial charge is 0.335 e. The van der Waals surface area contributed by atoms with Gasteiger partial charge in [-0.1, -0.05) is 48.5 Å². The first-order valence-corrected chi connectivity index (χ1v) is 12.3. The number of nitrogens with one attached hydrogen (secondary N) is 1. The molecular weight excluding hydrogens is 422 g/mol.